The van der Waals surface area contributed by atoms with Crippen LogP contribution in [0.4, 0.5) is 0 Å². The van der Waals surface area contributed by atoms with E-state index in [0.717, 1.165) is 24.8 Å². The second-order valence-corrected chi connectivity index (χ2v) is 5.50. The van der Waals surface area contributed by atoms with Gasteiger partial charge in [0.25, 0.3) is 0 Å². The van der Waals surface area contributed by atoms with E-state index in [9.17, 15) is 9.59 Å². The van der Waals surface area contributed by atoms with E-state index in [-0.39, 0.29) is 11.4 Å². The Kier molecular flexibility index (Phi) is 3.00. The summed E-state index contributed by atoms with van der Waals surface area (Å²) >= 11 is 0. The van der Waals surface area contributed by atoms with Crippen LogP contribution in [0.2, 0.25) is 0 Å². The predicted molar refractivity (Wildman–Crippen MR) is 76.3 cm³/mol. The Labute approximate surface area is 118 Å². The molecule has 0 aromatic heterocycles. The van der Waals surface area contributed by atoms with E-state index in [1.165, 1.54) is 0 Å². The molecule has 0 amide bonds. The van der Waals surface area contributed by atoms with E-state index in [2.05, 4.69) is 13.8 Å². The van der Waals surface area contributed by atoms with Gasteiger partial charge in [-0.05, 0) is 25.7 Å². The van der Waals surface area contributed by atoms with E-state index >= 15 is 0 Å². The highest BCUT2D eigenvalue weighted by atomic mass is 16.5. The van der Waals surface area contributed by atoms with Gasteiger partial charge in [0.15, 0.2) is 0 Å². The minimum absolute atomic E-state index is 0.202. The van der Waals surface area contributed by atoms with Crippen molar-refractivity contribution in [2.75, 3.05) is 0 Å². The summed E-state index contributed by atoms with van der Waals surface area (Å²) < 4.78 is 6.23. The molecule has 20 heavy (non-hydrogen) atoms. The largest absolute Gasteiger partial charge is 0.486 e. The number of fused-ring (bicyclic) bond motifs is 2. The van der Waals surface area contributed by atoms with Crippen LogP contribution in [-0.4, -0.2) is 17.2 Å². The molecule has 3 rings (SSSR count). The molecular formula is C17H18O3. The van der Waals surface area contributed by atoms with Gasteiger partial charge in [0.2, 0.25) is 11.6 Å². The third-order valence-corrected chi connectivity index (χ3v) is 4.61. The zero-order valence-electron chi connectivity index (χ0n) is 11.9. The van der Waals surface area contributed by atoms with Crippen LogP contribution in [-0.2, 0) is 9.53 Å². The molecule has 3 nitrogen and oxygen atoms in total. The van der Waals surface area contributed by atoms with Crippen molar-refractivity contribution in [1.29, 1.82) is 0 Å². The molecule has 0 bridgehead atoms. The van der Waals surface area contributed by atoms with Crippen LogP contribution in [0, 0.1) is 0 Å². The molecule has 2 aliphatic rings. The van der Waals surface area contributed by atoms with Crippen LogP contribution in [0.5, 0.6) is 0 Å². The van der Waals surface area contributed by atoms with Crippen LogP contribution < -0.4 is 0 Å². The Morgan fingerprint density at radius 2 is 1.70 bits per heavy atom. The number of allylic oxidation sites excluding steroid dienone is 1. The summed E-state index contributed by atoms with van der Waals surface area (Å²) in [4.78, 5) is 24.4. The van der Waals surface area contributed by atoms with Crippen molar-refractivity contribution >= 4 is 17.3 Å². The standard InChI is InChI=1S/C17H18O3/c1-3-17(4-2)10-9-13-15(19)14(18)11-7-5-6-8-12(11)16(13)20-17/h5-8H,3-4,9-10H2,1-2H3. The molecule has 1 aliphatic carbocycles. The van der Waals surface area contributed by atoms with E-state index in [4.69, 9.17) is 4.74 Å². The van der Waals surface area contributed by atoms with Gasteiger partial charge in [0.1, 0.15) is 11.4 Å². The average molecular weight is 270 g/mol. The predicted octanol–water partition coefficient (Wildman–Crippen LogP) is 3.53. The maximum atomic E-state index is 12.2. The molecule has 0 N–H and O–H groups in total. The third-order valence-electron chi connectivity index (χ3n) is 4.61. The highest BCUT2D eigenvalue weighted by Crippen LogP contribution is 2.43. The Bertz CT molecular complexity index is 621. The summed E-state index contributed by atoms with van der Waals surface area (Å²) in [5, 5.41) is 0. The Morgan fingerprint density at radius 3 is 2.35 bits per heavy atom. The summed E-state index contributed by atoms with van der Waals surface area (Å²) in [5.41, 5.74) is 1.61. The topological polar surface area (TPSA) is 43.4 Å². The second kappa shape index (κ2) is 4.58. The first-order chi connectivity index (χ1) is 9.62. The SMILES string of the molecule is CCC1(CC)CCC2=C(O1)c1ccccc1C(=O)C2=O. The molecule has 0 fully saturated rings. The molecular weight excluding hydrogens is 252 g/mol. The zero-order chi connectivity index (χ0) is 14.3. The number of carbonyl (C=O) groups excluding carboxylic acids is 2. The van der Waals surface area contributed by atoms with Crippen molar-refractivity contribution < 1.29 is 14.3 Å². The molecule has 1 aliphatic heterocycles. The first kappa shape index (κ1) is 13.1. The Hall–Kier alpha value is -1.90. The zero-order valence-corrected chi connectivity index (χ0v) is 11.9. The monoisotopic (exact) mass is 270 g/mol. The smallest absolute Gasteiger partial charge is 0.234 e. The fourth-order valence-electron chi connectivity index (χ4n) is 3.12. The normalized spacial score (nSPS) is 20.3. The fraction of sp³-hybridized carbons (Fsp3) is 0.412. The minimum atomic E-state index is -0.400. The van der Waals surface area contributed by atoms with Gasteiger partial charge in [-0.25, -0.2) is 0 Å². The quantitative estimate of drug-likeness (QED) is 0.772. The van der Waals surface area contributed by atoms with Gasteiger partial charge in [-0.15, -0.1) is 0 Å². The van der Waals surface area contributed by atoms with Crippen LogP contribution in [0.3, 0.4) is 0 Å². The summed E-state index contributed by atoms with van der Waals surface area (Å²) in [7, 11) is 0. The lowest BCUT2D eigenvalue weighted by atomic mass is 9.80. The number of benzene rings is 1. The molecule has 0 unspecified atom stereocenters. The number of rotatable bonds is 2. The van der Waals surface area contributed by atoms with E-state index in [1.54, 1.807) is 12.1 Å². The molecule has 104 valence electrons. The van der Waals surface area contributed by atoms with Crippen molar-refractivity contribution in [3.63, 3.8) is 0 Å². The lowest BCUT2D eigenvalue weighted by Crippen LogP contribution is -2.38. The van der Waals surface area contributed by atoms with Crippen molar-refractivity contribution in [2.24, 2.45) is 0 Å². The molecule has 3 heteroatoms. The second-order valence-electron chi connectivity index (χ2n) is 5.50. The number of ketones is 2. The van der Waals surface area contributed by atoms with Crippen molar-refractivity contribution in [3.8, 4) is 0 Å². The van der Waals surface area contributed by atoms with Gasteiger partial charge < -0.3 is 4.74 Å². The highest BCUT2D eigenvalue weighted by molar-refractivity contribution is 6.52. The Morgan fingerprint density at radius 1 is 1.05 bits per heavy atom. The molecule has 0 atom stereocenters. The molecule has 1 aromatic rings. The van der Waals surface area contributed by atoms with Gasteiger partial charge in [-0.2, -0.15) is 0 Å². The first-order valence-corrected chi connectivity index (χ1v) is 7.22. The van der Waals surface area contributed by atoms with E-state index < -0.39 is 5.78 Å². The van der Waals surface area contributed by atoms with Crippen LogP contribution in [0.15, 0.2) is 29.8 Å². The Balaban J connectivity index is 2.15. The lowest BCUT2D eigenvalue weighted by molar-refractivity contribution is -0.112. The third kappa shape index (κ3) is 1.73. The summed E-state index contributed by atoms with van der Waals surface area (Å²) in [6.45, 7) is 4.22. The summed E-state index contributed by atoms with van der Waals surface area (Å²) in [5.74, 6) is -0.150. The van der Waals surface area contributed by atoms with Crippen molar-refractivity contribution in [3.05, 3.63) is 41.0 Å². The molecule has 0 spiro atoms. The summed E-state index contributed by atoms with van der Waals surface area (Å²) in [6, 6.07) is 7.24. The van der Waals surface area contributed by atoms with Gasteiger partial charge in [0.05, 0.1) is 0 Å². The van der Waals surface area contributed by atoms with E-state index in [0.29, 0.717) is 23.3 Å². The average Bonchev–Trinajstić information content (AvgIpc) is 2.52. The first-order valence-electron chi connectivity index (χ1n) is 7.22. The number of carbonyl (C=O) groups is 2. The molecule has 0 saturated heterocycles. The lowest BCUT2D eigenvalue weighted by Gasteiger charge is -2.40. The number of Topliss-reactive ketones (excluding diaryl/α,β-unsaturated/α-hetero) is 2. The van der Waals surface area contributed by atoms with Crippen LogP contribution in [0.25, 0.3) is 5.76 Å². The fourth-order valence-corrected chi connectivity index (χ4v) is 3.12. The molecule has 0 saturated carbocycles. The van der Waals surface area contributed by atoms with Crippen LogP contribution in [0.1, 0.15) is 55.5 Å². The summed E-state index contributed by atoms with van der Waals surface area (Å²) in [6.07, 6.45) is 3.26. The van der Waals surface area contributed by atoms with Crippen LogP contribution >= 0.6 is 0 Å². The maximum Gasteiger partial charge on any atom is 0.234 e. The highest BCUT2D eigenvalue weighted by Gasteiger charge is 2.41. The maximum absolute atomic E-state index is 12.2. The molecule has 0 radical (unpaired) electrons. The number of hydrogen-bond acceptors (Lipinski definition) is 3. The van der Waals surface area contributed by atoms with E-state index in [1.807, 2.05) is 12.1 Å². The van der Waals surface area contributed by atoms with Gasteiger partial charge in [-0.3, -0.25) is 9.59 Å². The van der Waals surface area contributed by atoms with Gasteiger partial charge in [-0.1, -0.05) is 38.1 Å². The molecule has 1 aromatic carbocycles. The molecule has 1 heterocycles. The van der Waals surface area contributed by atoms with Gasteiger partial charge in [0, 0.05) is 16.7 Å². The van der Waals surface area contributed by atoms with Crippen molar-refractivity contribution in [1.82, 2.24) is 0 Å². The number of ether oxygens (including phenoxy) is 1. The number of hydrogen-bond donors (Lipinski definition) is 0. The van der Waals surface area contributed by atoms with Gasteiger partial charge >= 0.3 is 0 Å². The minimum Gasteiger partial charge on any atom is -0.486 e. The van der Waals surface area contributed by atoms with Crippen molar-refractivity contribution in [2.45, 2.75) is 45.1 Å².